The third kappa shape index (κ3) is 5.10. The summed E-state index contributed by atoms with van der Waals surface area (Å²) >= 11 is 0. The molecule has 122 valence electrons. The second-order valence-electron chi connectivity index (χ2n) is 5.34. The summed E-state index contributed by atoms with van der Waals surface area (Å²) in [6, 6.07) is 14.1. The predicted molar refractivity (Wildman–Crippen MR) is 90.3 cm³/mol. The molecule has 6 heteroatoms. The van der Waals surface area contributed by atoms with Crippen LogP contribution in [0.3, 0.4) is 0 Å². The first kappa shape index (κ1) is 17.0. The number of hydrogen-bond donors (Lipinski definition) is 2. The standard InChI is InChI=1S/C17H19NO4S/c1-13-9-10-15(17(19)20)12-16(13)18-23(21,22)11-5-8-14-6-3-2-4-7-14/h2-4,6-7,9-10,12,18H,5,8,11H2,1H3,(H,19,20). The lowest BCUT2D eigenvalue weighted by molar-refractivity contribution is 0.0697. The molecule has 0 radical (unpaired) electrons. The minimum atomic E-state index is -3.51. The molecule has 2 rings (SSSR count). The van der Waals surface area contributed by atoms with Gasteiger partial charge in [0.25, 0.3) is 0 Å². The quantitative estimate of drug-likeness (QED) is 0.815. The van der Waals surface area contributed by atoms with Gasteiger partial charge in [0.1, 0.15) is 0 Å². The maximum atomic E-state index is 12.2. The van der Waals surface area contributed by atoms with Gasteiger partial charge in [-0.25, -0.2) is 13.2 Å². The number of benzene rings is 2. The number of sulfonamides is 1. The number of aryl methyl sites for hydroxylation is 2. The van der Waals surface area contributed by atoms with E-state index in [-0.39, 0.29) is 11.3 Å². The monoisotopic (exact) mass is 333 g/mol. The summed E-state index contributed by atoms with van der Waals surface area (Å²) in [4.78, 5) is 11.0. The number of rotatable bonds is 7. The zero-order valence-corrected chi connectivity index (χ0v) is 13.6. The fraction of sp³-hybridized carbons (Fsp3) is 0.235. The Morgan fingerprint density at radius 1 is 1.13 bits per heavy atom. The van der Waals surface area contributed by atoms with Gasteiger partial charge >= 0.3 is 5.97 Å². The van der Waals surface area contributed by atoms with Crippen LogP contribution in [-0.2, 0) is 16.4 Å². The van der Waals surface area contributed by atoms with Crippen molar-refractivity contribution >= 4 is 21.7 Å². The van der Waals surface area contributed by atoms with Gasteiger partial charge in [-0.15, -0.1) is 0 Å². The van der Waals surface area contributed by atoms with Crippen molar-refractivity contribution in [3.63, 3.8) is 0 Å². The van der Waals surface area contributed by atoms with Crippen molar-refractivity contribution in [1.82, 2.24) is 0 Å². The molecule has 0 bridgehead atoms. The average molecular weight is 333 g/mol. The molecular formula is C17H19NO4S. The van der Waals surface area contributed by atoms with E-state index in [0.29, 0.717) is 24.1 Å². The Kier molecular flexibility index (Phi) is 5.39. The Morgan fingerprint density at radius 2 is 1.83 bits per heavy atom. The van der Waals surface area contributed by atoms with Gasteiger partial charge in [-0.3, -0.25) is 4.72 Å². The summed E-state index contributed by atoms with van der Waals surface area (Å²) in [7, 11) is -3.51. The van der Waals surface area contributed by atoms with E-state index >= 15 is 0 Å². The van der Waals surface area contributed by atoms with Gasteiger partial charge in [0.05, 0.1) is 17.0 Å². The van der Waals surface area contributed by atoms with Gasteiger partial charge in [0.2, 0.25) is 10.0 Å². The first-order valence-corrected chi connectivity index (χ1v) is 8.91. The highest BCUT2D eigenvalue weighted by Gasteiger charge is 2.13. The molecule has 2 N–H and O–H groups in total. The maximum absolute atomic E-state index is 12.2. The highest BCUT2D eigenvalue weighted by Crippen LogP contribution is 2.19. The molecule has 0 aliphatic heterocycles. The van der Waals surface area contributed by atoms with E-state index in [0.717, 1.165) is 5.56 Å². The molecule has 0 amide bonds. The van der Waals surface area contributed by atoms with Crippen LogP contribution >= 0.6 is 0 Å². The second kappa shape index (κ2) is 7.28. The summed E-state index contributed by atoms with van der Waals surface area (Å²) < 4.78 is 26.8. The van der Waals surface area contributed by atoms with Crippen molar-refractivity contribution < 1.29 is 18.3 Å². The largest absolute Gasteiger partial charge is 0.478 e. The number of carboxylic acid groups (broad SMARTS) is 1. The van der Waals surface area contributed by atoms with Gasteiger partial charge in [-0.1, -0.05) is 36.4 Å². The highest BCUT2D eigenvalue weighted by atomic mass is 32.2. The van der Waals surface area contributed by atoms with Crippen molar-refractivity contribution in [2.24, 2.45) is 0 Å². The van der Waals surface area contributed by atoms with Crippen molar-refractivity contribution in [3.05, 3.63) is 65.2 Å². The van der Waals surface area contributed by atoms with Crippen LogP contribution in [0.5, 0.6) is 0 Å². The normalized spacial score (nSPS) is 11.2. The van der Waals surface area contributed by atoms with E-state index in [1.165, 1.54) is 12.1 Å². The van der Waals surface area contributed by atoms with Crippen LogP contribution in [0.15, 0.2) is 48.5 Å². The van der Waals surface area contributed by atoms with Gasteiger partial charge in [-0.05, 0) is 43.0 Å². The van der Waals surface area contributed by atoms with Crippen LogP contribution in [0.2, 0.25) is 0 Å². The molecule has 2 aromatic rings. The van der Waals surface area contributed by atoms with Crippen LogP contribution in [0, 0.1) is 6.92 Å². The zero-order valence-electron chi connectivity index (χ0n) is 12.8. The summed E-state index contributed by atoms with van der Waals surface area (Å²) in [6.45, 7) is 1.73. The first-order valence-electron chi connectivity index (χ1n) is 7.26. The molecule has 0 saturated carbocycles. The lowest BCUT2D eigenvalue weighted by atomic mass is 10.1. The van der Waals surface area contributed by atoms with Crippen molar-refractivity contribution in [3.8, 4) is 0 Å². The smallest absolute Gasteiger partial charge is 0.335 e. The van der Waals surface area contributed by atoms with E-state index in [2.05, 4.69) is 4.72 Å². The van der Waals surface area contributed by atoms with Crippen molar-refractivity contribution in [2.75, 3.05) is 10.5 Å². The highest BCUT2D eigenvalue weighted by molar-refractivity contribution is 7.92. The molecule has 0 heterocycles. The number of carbonyl (C=O) groups is 1. The number of aromatic carboxylic acids is 1. The van der Waals surface area contributed by atoms with Crippen LogP contribution in [0.1, 0.15) is 27.9 Å². The Hall–Kier alpha value is -2.34. The maximum Gasteiger partial charge on any atom is 0.335 e. The average Bonchev–Trinajstić information content (AvgIpc) is 2.50. The minimum absolute atomic E-state index is 0.0152. The third-order valence-corrected chi connectivity index (χ3v) is 4.83. The molecule has 5 nitrogen and oxygen atoms in total. The number of carboxylic acids is 1. The second-order valence-corrected chi connectivity index (χ2v) is 7.19. The molecule has 0 unspecified atom stereocenters. The van der Waals surface area contributed by atoms with Gasteiger partial charge in [-0.2, -0.15) is 0 Å². The number of hydrogen-bond acceptors (Lipinski definition) is 3. The minimum Gasteiger partial charge on any atom is -0.478 e. The molecule has 0 aliphatic carbocycles. The molecule has 0 spiro atoms. The van der Waals surface area contributed by atoms with Crippen LogP contribution < -0.4 is 4.72 Å². The summed E-state index contributed by atoms with van der Waals surface area (Å²) in [6.07, 6.45) is 1.17. The Balaban J connectivity index is 2.01. The van der Waals surface area contributed by atoms with Crippen molar-refractivity contribution in [1.29, 1.82) is 0 Å². The topological polar surface area (TPSA) is 83.5 Å². The Morgan fingerprint density at radius 3 is 2.48 bits per heavy atom. The Bertz CT molecular complexity index is 785. The predicted octanol–water partition coefficient (Wildman–Crippen LogP) is 3.07. The first-order chi connectivity index (χ1) is 10.9. The molecule has 0 aromatic heterocycles. The SMILES string of the molecule is Cc1ccc(C(=O)O)cc1NS(=O)(=O)CCCc1ccccc1. The van der Waals surface area contributed by atoms with E-state index in [4.69, 9.17) is 5.11 Å². The summed E-state index contributed by atoms with van der Waals surface area (Å²) in [5, 5.41) is 8.99. The third-order valence-electron chi connectivity index (χ3n) is 3.47. The number of anilines is 1. The lowest BCUT2D eigenvalue weighted by Crippen LogP contribution is -2.18. The summed E-state index contributed by atoms with van der Waals surface area (Å²) in [5.41, 5.74) is 2.13. The van der Waals surface area contributed by atoms with Gasteiger partial charge in [0, 0.05) is 0 Å². The van der Waals surface area contributed by atoms with Gasteiger partial charge in [0.15, 0.2) is 0 Å². The van der Waals surface area contributed by atoms with Crippen LogP contribution in [0.25, 0.3) is 0 Å². The fourth-order valence-corrected chi connectivity index (χ4v) is 3.38. The molecule has 0 atom stereocenters. The molecular weight excluding hydrogens is 314 g/mol. The fourth-order valence-electron chi connectivity index (χ4n) is 2.19. The molecule has 0 saturated heterocycles. The van der Waals surface area contributed by atoms with Crippen LogP contribution in [-0.4, -0.2) is 25.2 Å². The van der Waals surface area contributed by atoms with E-state index in [1.807, 2.05) is 30.3 Å². The summed E-state index contributed by atoms with van der Waals surface area (Å²) in [5.74, 6) is -1.10. The molecule has 2 aromatic carbocycles. The van der Waals surface area contributed by atoms with E-state index in [1.54, 1.807) is 13.0 Å². The van der Waals surface area contributed by atoms with E-state index < -0.39 is 16.0 Å². The lowest BCUT2D eigenvalue weighted by Gasteiger charge is -2.11. The van der Waals surface area contributed by atoms with Gasteiger partial charge < -0.3 is 5.11 Å². The molecule has 0 aliphatic rings. The van der Waals surface area contributed by atoms with Crippen LogP contribution in [0.4, 0.5) is 5.69 Å². The molecule has 23 heavy (non-hydrogen) atoms. The Labute approximate surface area is 136 Å². The van der Waals surface area contributed by atoms with Crippen molar-refractivity contribution in [2.45, 2.75) is 19.8 Å². The molecule has 0 fully saturated rings. The zero-order chi connectivity index (χ0) is 16.9. The number of nitrogens with one attached hydrogen (secondary N) is 1. The van der Waals surface area contributed by atoms with E-state index in [9.17, 15) is 13.2 Å².